The summed E-state index contributed by atoms with van der Waals surface area (Å²) in [6.45, 7) is 9.16. The minimum Gasteiger partial charge on any atom is -0.479 e. The second-order valence-corrected chi connectivity index (χ2v) is 6.10. The lowest BCUT2D eigenvalue weighted by Gasteiger charge is -2.15. The predicted molar refractivity (Wildman–Crippen MR) is 96.3 cm³/mol. The third-order valence-corrected chi connectivity index (χ3v) is 4.37. The summed E-state index contributed by atoms with van der Waals surface area (Å²) in [5.74, 6) is -2.73. The van der Waals surface area contributed by atoms with Crippen molar-refractivity contribution in [3.8, 4) is 5.75 Å². The van der Waals surface area contributed by atoms with Crippen molar-refractivity contribution in [3.05, 3.63) is 52.3 Å². The maximum Gasteiger partial charge on any atom is 0.355 e. The first-order valence-electron chi connectivity index (χ1n) is 8.75. The number of hydrogen-bond acceptors (Lipinski definition) is 4. The first-order chi connectivity index (χ1) is 12.7. The zero-order valence-electron chi connectivity index (χ0n) is 16.1. The Kier molecular flexibility index (Phi) is 6.36. The number of rotatable bonds is 7. The van der Waals surface area contributed by atoms with Crippen LogP contribution in [0.3, 0.4) is 0 Å². The van der Waals surface area contributed by atoms with Gasteiger partial charge in [-0.05, 0) is 52.3 Å². The number of hydrogen-bond donors (Lipinski definition) is 0. The predicted octanol–water partition coefficient (Wildman–Crippen LogP) is 4.23. The van der Waals surface area contributed by atoms with Gasteiger partial charge in [0, 0.05) is 23.9 Å². The van der Waals surface area contributed by atoms with Crippen LogP contribution in [-0.4, -0.2) is 29.0 Å². The molecule has 1 unspecified atom stereocenters. The van der Waals surface area contributed by atoms with Gasteiger partial charge in [0.05, 0.1) is 6.61 Å². The molecule has 2 aromatic rings. The first-order valence-corrected chi connectivity index (χ1v) is 8.75. The normalized spacial score (nSPS) is 12.0. The van der Waals surface area contributed by atoms with Crippen molar-refractivity contribution in [2.24, 2.45) is 0 Å². The molecule has 0 N–H and O–H groups in total. The molecule has 1 heterocycles. The molecule has 0 bridgehead atoms. The number of carbonyl (C=O) groups is 2. The zero-order chi connectivity index (χ0) is 20.3. The van der Waals surface area contributed by atoms with Gasteiger partial charge in [0.25, 0.3) is 0 Å². The summed E-state index contributed by atoms with van der Waals surface area (Å²) < 4.78 is 39.0. The highest BCUT2D eigenvalue weighted by Gasteiger charge is 2.30. The Morgan fingerprint density at radius 2 is 1.85 bits per heavy atom. The van der Waals surface area contributed by atoms with Crippen LogP contribution in [0.15, 0.2) is 18.2 Å². The van der Waals surface area contributed by atoms with Gasteiger partial charge in [-0.25, -0.2) is 13.6 Å². The largest absolute Gasteiger partial charge is 0.479 e. The summed E-state index contributed by atoms with van der Waals surface area (Å²) in [6, 6.07) is 2.88. The fourth-order valence-corrected chi connectivity index (χ4v) is 3.13. The van der Waals surface area contributed by atoms with Gasteiger partial charge in [0.15, 0.2) is 17.7 Å². The number of benzene rings is 1. The number of nitrogens with zero attached hydrogens (tertiary/aromatic N) is 1. The number of aromatic nitrogens is 1. The molecule has 0 radical (unpaired) electrons. The average Bonchev–Trinajstić information content (AvgIpc) is 2.86. The van der Waals surface area contributed by atoms with Crippen LogP contribution in [0.5, 0.6) is 5.75 Å². The van der Waals surface area contributed by atoms with Gasteiger partial charge in [-0.15, -0.1) is 0 Å². The molecule has 7 heteroatoms. The van der Waals surface area contributed by atoms with E-state index in [2.05, 4.69) is 0 Å². The van der Waals surface area contributed by atoms with Crippen molar-refractivity contribution < 1.29 is 27.8 Å². The van der Waals surface area contributed by atoms with E-state index in [1.807, 2.05) is 6.92 Å². The van der Waals surface area contributed by atoms with E-state index in [9.17, 15) is 18.4 Å². The quantitative estimate of drug-likeness (QED) is 0.534. The van der Waals surface area contributed by atoms with Crippen molar-refractivity contribution in [1.82, 2.24) is 4.57 Å². The zero-order valence-corrected chi connectivity index (χ0v) is 16.1. The lowest BCUT2D eigenvalue weighted by molar-refractivity contribution is 0.0512. The molecular weight excluding hydrogens is 356 g/mol. The fourth-order valence-electron chi connectivity index (χ4n) is 3.13. The minimum atomic E-state index is -1.02. The van der Waals surface area contributed by atoms with Crippen molar-refractivity contribution in [3.63, 3.8) is 0 Å². The maximum atomic E-state index is 13.8. The lowest BCUT2D eigenvalue weighted by atomic mass is 10.0. The summed E-state index contributed by atoms with van der Waals surface area (Å²) in [4.78, 5) is 25.2. The second-order valence-electron chi connectivity index (χ2n) is 6.10. The highest BCUT2D eigenvalue weighted by atomic mass is 19.1. The Morgan fingerprint density at radius 3 is 2.41 bits per heavy atom. The Labute approximate surface area is 156 Å². The van der Waals surface area contributed by atoms with E-state index in [1.165, 1.54) is 6.92 Å². The molecule has 1 aromatic heterocycles. The number of halogens is 2. The highest BCUT2D eigenvalue weighted by molar-refractivity contribution is 6.05. The Morgan fingerprint density at radius 1 is 1.19 bits per heavy atom. The van der Waals surface area contributed by atoms with Crippen LogP contribution in [0.4, 0.5) is 8.78 Å². The molecule has 1 atom stereocenters. The van der Waals surface area contributed by atoms with Gasteiger partial charge in [0.1, 0.15) is 11.5 Å². The number of Topliss-reactive ketones (excluding diaryl/α,β-unsaturated/α-hetero) is 1. The van der Waals surface area contributed by atoms with Crippen LogP contribution in [0.2, 0.25) is 0 Å². The van der Waals surface area contributed by atoms with Gasteiger partial charge < -0.3 is 14.0 Å². The lowest BCUT2D eigenvalue weighted by Crippen LogP contribution is -2.25. The highest BCUT2D eigenvalue weighted by Crippen LogP contribution is 2.26. The van der Waals surface area contributed by atoms with Crippen LogP contribution in [0, 0.1) is 25.5 Å². The molecule has 0 aliphatic rings. The van der Waals surface area contributed by atoms with Crippen molar-refractivity contribution in [2.75, 3.05) is 6.61 Å². The molecule has 0 saturated heterocycles. The number of ether oxygens (including phenoxy) is 2. The van der Waals surface area contributed by atoms with Gasteiger partial charge in [-0.3, -0.25) is 4.79 Å². The van der Waals surface area contributed by atoms with Crippen LogP contribution in [-0.2, 0) is 11.3 Å². The molecule has 1 aromatic carbocycles. The number of carbonyl (C=O) groups excluding carboxylic acids is 2. The van der Waals surface area contributed by atoms with E-state index in [1.54, 1.807) is 25.3 Å². The Hall–Kier alpha value is -2.70. The topological polar surface area (TPSA) is 57.5 Å². The first kappa shape index (κ1) is 20.6. The van der Waals surface area contributed by atoms with E-state index < -0.39 is 29.5 Å². The average molecular weight is 379 g/mol. The third-order valence-electron chi connectivity index (χ3n) is 4.37. The van der Waals surface area contributed by atoms with Crippen molar-refractivity contribution in [1.29, 1.82) is 0 Å². The molecular formula is C20H23F2NO4. The standard InChI is InChI=1S/C20H23F2NO4/c1-6-23-12(4)17(11(3)18(23)20(25)26-7-2)19(24)13(5)27-16-9-8-14(21)10-15(16)22/h8-10,13H,6-7H2,1-5H3. The van der Waals surface area contributed by atoms with E-state index in [0.717, 1.165) is 12.1 Å². The molecule has 0 aliphatic carbocycles. The summed E-state index contributed by atoms with van der Waals surface area (Å²) in [7, 11) is 0. The molecule has 2 rings (SSSR count). The van der Waals surface area contributed by atoms with Crippen LogP contribution in [0.25, 0.3) is 0 Å². The third kappa shape index (κ3) is 4.02. The van der Waals surface area contributed by atoms with E-state index in [4.69, 9.17) is 9.47 Å². The fraction of sp³-hybridized carbons (Fsp3) is 0.400. The molecule has 0 amide bonds. The van der Waals surface area contributed by atoms with Crippen molar-refractivity contribution in [2.45, 2.75) is 47.3 Å². The SMILES string of the molecule is CCOC(=O)c1c(C)c(C(=O)C(C)Oc2ccc(F)cc2F)c(C)n1CC. The monoisotopic (exact) mass is 379 g/mol. The molecule has 0 fully saturated rings. The van der Waals surface area contributed by atoms with Gasteiger partial charge >= 0.3 is 5.97 Å². The Balaban J connectivity index is 2.39. The number of ketones is 1. The molecule has 146 valence electrons. The second kappa shape index (κ2) is 8.33. The van der Waals surface area contributed by atoms with Gasteiger partial charge in [0.2, 0.25) is 5.78 Å². The van der Waals surface area contributed by atoms with Gasteiger partial charge in [-0.1, -0.05) is 0 Å². The van der Waals surface area contributed by atoms with E-state index in [-0.39, 0.29) is 12.4 Å². The molecule has 0 spiro atoms. The molecule has 0 aliphatic heterocycles. The summed E-state index contributed by atoms with van der Waals surface area (Å²) in [6.07, 6.45) is -1.02. The van der Waals surface area contributed by atoms with Crippen molar-refractivity contribution >= 4 is 11.8 Å². The molecule has 5 nitrogen and oxygen atoms in total. The molecule has 27 heavy (non-hydrogen) atoms. The van der Waals surface area contributed by atoms with Crippen LogP contribution in [0.1, 0.15) is 52.9 Å². The smallest absolute Gasteiger partial charge is 0.355 e. The van der Waals surface area contributed by atoms with Gasteiger partial charge in [-0.2, -0.15) is 0 Å². The van der Waals surface area contributed by atoms with E-state index in [0.29, 0.717) is 35.1 Å². The van der Waals surface area contributed by atoms with Crippen LogP contribution < -0.4 is 4.74 Å². The Bertz CT molecular complexity index is 873. The van der Waals surface area contributed by atoms with E-state index >= 15 is 0 Å². The minimum absolute atomic E-state index is 0.215. The molecule has 0 saturated carbocycles. The summed E-state index contributed by atoms with van der Waals surface area (Å²) in [5, 5.41) is 0. The van der Waals surface area contributed by atoms with Crippen LogP contribution >= 0.6 is 0 Å². The maximum absolute atomic E-state index is 13.8. The number of esters is 1. The summed E-state index contributed by atoms with van der Waals surface area (Å²) >= 11 is 0. The summed E-state index contributed by atoms with van der Waals surface area (Å²) in [5.41, 5.74) is 1.76.